The van der Waals surface area contributed by atoms with E-state index in [4.69, 9.17) is 17.3 Å². The van der Waals surface area contributed by atoms with Gasteiger partial charge in [-0.25, -0.2) is 14.1 Å². The Morgan fingerprint density at radius 3 is 3.00 bits per heavy atom. The molecular formula is C10H8ClFN4O2. The first-order valence-electron chi connectivity index (χ1n) is 4.83. The van der Waals surface area contributed by atoms with Crippen molar-refractivity contribution in [2.24, 2.45) is 5.73 Å². The Kier molecular flexibility index (Phi) is 3.42. The molecule has 0 spiro atoms. The third-order valence-corrected chi connectivity index (χ3v) is 2.38. The molecule has 94 valence electrons. The maximum Gasteiger partial charge on any atom is 0.267 e. The fraction of sp³-hybridized carbons (Fsp3) is 0.100. The standard InChI is InChI=1S/C10H8ClFN4O2/c11-6-2-1-3-14-10(6)16-7(9(13)17)4-8(15-16)18-5-12/h1-4H,5H2,(H2,13,17). The van der Waals surface area contributed by atoms with Crippen molar-refractivity contribution >= 4 is 17.5 Å². The maximum absolute atomic E-state index is 12.1. The number of carbonyl (C=O) groups excluding carboxylic acids is 1. The zero-order valence-corrected chi connectivity index (χ0v) is 9.76. The number of primary amides is 1. The molecule has 0 saturated carbocycles. The molecule has 0 aliphatic rings. The monoisotopic (exact) mass is 270 g/mol. The molecule has 0 bridgehead atoms. The Bertz CT molecular complexity index is 587. The van der Waals surface area contributed by atoms with Gasteiger partial charge in [0.1, 0.15) is 5.69 Å². The summed E-state index contributed by atoms with van der Waals surface area (Å²) < 4.78 is 17.7. The van der Waals surface area contributed by atoms with Gasteiger partial charge in [-0.1, -0.05) is 11.6 Å². The van der Waals surface area contributed by atoms with Crippen LogP contribution in [0.15, 0.2) is 24.4 Å². The van der Waals surface area contributed by atoms with Crippen molar-refractivity contribution in [2.75, 3.05) is 6.86 Å². The highest BCUT2D eigenvalue weighted by atomic mass is 35.5. The van der Waals surface area contributed by atoms with Crippen molar-refractivity contribution in [2.45, 2.75) is 0 Å². The number of amides is 1. The molecule has 2 aromatic rings. The van der Waals surface area contributed by atoms with Crippen molar-refractivity contribution in [1.82, 2.24) is 14.8 Å². The molecule has 0 fully saturated rings. The number of nitrogens with zero attached hydrogens (tertiary/aromatic N) is 3. The van der Waals surface area contributed by atoms with Crippen LogP contribution in [0.2, 0.25) is 5.02 Å². The van der Waals surface area contributed by atoms with Crippen molar-refractivity contribution < 1.29 is 13.9 Å². The molecule has 2 aromatic heterocycles. The lowest BCUT2D eigenvalue weighted by atomic mass is 10.4. The molecule has 2 heterocycles. The van der Waals surface area contributed by atoms with E-state index in [-0.39, 0.29) is 22.4 Å². The van der Waals surface area contributed by atoms with E-state index >= 15 is 0 Å². The Hall–Kier alpha value is -2.15. The van der Waals surface area contributed by atoms with Gasteiger partial charge in [-0.2, -0.15) is 0 Å². The minimum absolute atomic E-state index is 0.000880. The topological polar surface area (TPSA) is 83.0 Å². The van der Waals surface area contributed by atoms with E-state index in [1.165, 1.54) is 12.3 Å². The fourth-order valence-electron chi connectivity index (χ4n) is 1.36. The third kappa shape index (κ3) is 2.25. The molecule has 0 atom stereocenters. The van der Waals surface area contributed by atoms with Crippen LogP contribution in [0.4, 0.5) is 4.39 Å². The zero-order chi connectivity index (χ0) is 13.1. The van der Waals surface area contributed by atoms with Crippen molar-refractivity contribution in [3.8, 4) is 11.7 Å². The van der Waals surface area contributed by atoms with Crippen LogP contribution in [0, 0.1) is 0 Å². The van der Waals surface area contributed by atoms with E-state index in [9.17, 15) is 9.18 Å². The smallest absolute Gasteiger partial charge is 0.267 e. The predicted molar refractivity (Wildman–Crippen MR) is 61.5 cm³/mol. The van der Waals surface area contributed by atoms with Crippen LogP contribution in [0.1, 0.15) is 10.5 Å². The van der Waals surface area contributed by atoms with Crippen molar-refractivity contribution in [1.29, 1.82) is 0 Å². The molecule has 0 aromatic carbocycles. The normalized spacial score (nSPS) is 10.3. The minimum atomic E-state index is -1.06. The van der Waals surface area contributed by atoms with Gasteiger partial charge in [0.15, 0.2) is 5.82 Å². The lowest BCUT2D eigenvalue weighted by Gasteiger charge is -2.04. The van der Waals surface area contributed by atoms with Crippen LogP contribution in [-0.2, 0) is 0 Å². The largest absolute Gasteiger partial charge is 0.445 e. The summed E-state index contributed by atoms with van der Waals surface area (Å²) in [5, 5.41) is 4.13. The third-order valence-electron chi connectivity index (χ3n) is 2.08. The molecule has 0 unspecified atom stereocenters. The van der Waals surface area contributed by atoms with Gasteiger partial charge in [-0.05, 0) is 12.1 Å². The summed E-state index contributed by atoms with van der Waals surface area (Å²) in [6.45, 7) is -1.06. The van der Waals surface area contributed by atoms with Crippen LogP contribution in [0.5, 0.6) is 5.88 Å². The highest BCUT2D eigenvalue weighted by Crippen LogP contribution is 2.21. The van der Waals surface area contributed by atoms with Crippen LogP contribution < -0.4 is 10.5 Å². The number of carbonyl (C=O) groups is 1. The van der Waals surface area contributed by atoms with E-state index in [0.717, 1.165) is 4.68 Å². The van der Waals surface area contributed by atoms with Crippen LogP contribution in [0.3, 0.4) is 0 Å². The second-order valence-corrected chi connectivity index (χ2v) is 3.61. The predicted octanol–water partition coefficient (Wildman–Crippen LogP) is 1.33. The maximum atomic E-state index is 12.1. The zero-order valence-electron chi connectivity index (χ0n) is 9.01. The summed E-state index contributed by atoms with van der Waals surface area (Å²) in [5.74, 6) is -0.618. The summed E-state index contributed by atoms with van der Waals surface area (Å²) in [6.07, 6.45) is 1.48. The van der Waals surface area contributed by atoms with Gasteiger partial charge >= 0.3 is 0 Å². The number of aromatic nitrogens is 3. The van der Waals surface area contributed by atoms with Gasteiger partial charge < -0.3 is 10.5 Å². The van der Waals surface area contributed by atoms with Crippen molar-refractivity contribution in [3.63, 3.8) is 0 Å². The molecule has 0 radical (unpaired) electrons. The highest BCUT2D eigenvalue weighted by molar-refractivity contribution is 6.32. The number of nitrogens with two attached hydrogens (primary N) is 1. The van der Waals surface area contributed by atoms with E-state index in [1.54, 1.807) is 12.1 Å². The van der Waals surface area contributed by atoms with E-state index in [0.29, 0.717) is 0 Å². The average Bonchev–Trinajstić information content (AvgIpc) is 2.74. The SMILES string of the molecule is NC(=O)c1cc(OCF)nn1-c1ncccc1Cl. The lowest BCUT2D eigenvalue weighted by Crippen LogP contribution is -2.17. The molecule has 18 heavy (non-hydrogen) atoms. The minimum Gasteiger partial charge on any atom is -0.445 e. The first kappa shape index (κ1) is 12.3. The van der Waals surface area contributed by atoms with Gasteiger partial charge in [0.05, 0.1) is 5.02 Å². The molecular weight excluding hydrogens is 263 g/mol. The highest BCUT2D eigenvalue weighted by Gasteiger charge is 2.17. The van der Waals surface area contributed by atoms with Gasteiger partial charge in [0.2, 0.25) is 12.7 Å². The number of hydrogen-bond acceptors (Lipinski definition) is 4. The molecule has 0 aliphatic carbocycles. The van der Waals surface area contributed by atoms with Crippen LogP contribution in [0.25, 0.3) is 5.82 Å². The van der Waals surface area contributed by atoms with Gasteiger partial charge in [0.25, 0.3) is 5.91 Å². The van der Waals surface area contributed by atoms with Crippen LogP contribution in [-0.4, -0.2) is 27.5 Å². The first-order valence-corrected chi connectivity index (χ1v) is 5.21. The second kappa shape index (κ2) is 5.01. The Morgan fingerprint density at radius 1 is 1.61 bits per heavy atom. The number of halogens is 2. The van der Waals surface area contributed by atoms with Crippen molar-refractivity contribution in [3.05, 3.63) is 35.1 Å². The van der Waals surface area contributed by atoms with Gasteiger partial charge in [0, 0.05) is 12.3 Å². The van der Waals surface area contributed by atoms with E-state index in [1.807, 2.05) is 0 Å². The Labute approximate surface area is 106 Å². The quantitative estimate of drug-likeness (QED) is 0.908. The fourth-order valence-corrected chi connectivity index (χ4v) is 1.56. The summed E-state index contributed by atoms with van der Waals surface area (Å²) in [6, 6.07) is 4.41. The Morgan fingerprint density at radius 2 is 2.39 bits per heavy atom. The number of rotatable bonds is 4. The van der Waals surface area contributed by atoms with Gasteiger partial charge in [-0.3, -0.25) is 4.79 Å². The average molecular weight is 271 g/mol. The first-order chi connectivity index (χ1) is 8.63. The molecule has 2 N–H and O–H groups in total. The summed E-state index contributed by atoms with van der Waals surface area (Å²) >= 11 is 5.93. The molecule has 8 heteroatoms. The summed E-state index contributed by atoms with van der Waals surface area (Å²) in [7, 11) is 0. The molecule has 2 rings (SSSR count). The molecule has 6 nitrogen and oxygen atoms in total. The number of ether oxygens (including phenoxy) is 1. The van der Waals surface area contributed by atoms with Crippen LogP contribution >= 0.6 is 11.6 Å². The molecule has 1 amide bonds. The summed E-state index contributed by atoms with van der Waals surface area (Å²) in [5.41, 5.74) is 5.19. The van der Waals surface area contributed by atoms with E-state index in [2.05, 4.69) is 14.8 Å². The molecule has 0 saturated heterocycles. The Balaban J connectivity index is 2.55. The second-order valence-electron chi connectivity index (χ2n) is 3.21. The van der Waals surface area contributed by atoms with E-state index < -0.39 is 12.8 Å². The number of hydrogen-bond donors (Lipinski definition) is 1. The number of pyridine rings is 1. The summed E-state index contributed by atoms with van der Waals surface area (Å²) in [4.78, 5) is 15.2. The lowest BCUT2D eigenvalue weighted by molar-refractivity contribution is 0.0992. The molecule has 0 aliphatic heterocycles. The number of alkyl halides is 1. The van der Waals surface area contributed by atoms with Gasteiger partial charge in [-0.15, -0.1) is 5.10 Å².